The third-order valence-corrected chi connectivity index (χ3v) is 7.93. The number of nitrogens with zero attached hydrogens (tertiary/aromatic N) is 1. The van der Waals surface area contributed by atoms with E-state index < -0.39 is 18.1 Å². The zero-order chi connectivity index (χ0) is 36.4. The molecule has 2 unspecified atom stereocenters. The van der Waals surface area contributed by atoms with Crippen molar-refractivity contribution in [3.05, 3.63) is 60.8 Å². The number of ether oxygens (including phenoxy) is 3. The predicted molar refractivity (Wildman–Crippen MR) is 201 cm³/mol. The first kappa shape index (κ1) is 46.0. The maximum atomic E-state index is 12.6. The lowest BCUT2D eigenvalue weighted by molar-refractivity contribution is -0.887. The first-order chi connectivity index (χ1) is 23.6. The number of unbranched alkanes of at least 4 members (excludes halogenated alkanes) is 8. The van der Waals surface area contributed by atoms with Crippen LogP contribution in [0.25, 0.3) is 0 Å². The molecule has 1 N–H and O–H groups in total. The summed E-state index contributed by atoms with van der Waals surface area (Å²) in [5.41, 5.74) is 0. The first-order valence-corrected chi connectivity index (χ1v) is 18.8. The van der Waals surface area contributed by atoms with Crippen molar-refractivity contribution in [2.24, 2.45) is 0 Å². The Hall–Kier alpha value is -2.97. The van der Waals surface area contributed by atoms with E-state index in [1.807, 2.05) is 21.1 Å². The number of aliphatic carboxylic acids is 1. The highest BCUT2D eigenvalue weighted by Crippen LogP contribution is 2.12. The summed E-state index contributed by atoms with van der Waals surface area (Å²) >= 11 is 0. The zero-order valence-corrected chi connectivity index (χ0v) is 31.6. The molecule has 0 aromatic heterocycles. The molecular formula is C41H70NO7+. The van der Waals surface area contributed by atoms with Gasteiger partial charge in [-0.25, -0.2) is 4.79 Å². The minimum absolute atomic E-state index is 0.0367. The second-order valence-electron chi connectivity index (χ2n) is 13.5. The van der Waals surface area contributed by atoms with Gasteiger partial charge in [-0.1, -0.05) is 120 Å². The molecule has 0 aliphatic rings. The van der Waals surface area contributed by atoms with E-state index >= 15 is 0 Å². The molecule has 280 valence electrons. The SMILES string of the molecule is CC/C=C\C/C=C\C/C=C\C/C=C\C/C=C\CCCC(=O)OC(COCCC(C(=O)O)[N+](C)(C)C)COC(=O)CCCCCCCCCC. The molecule has 8 heteroatoms. The minimum atomic E-state index is -0.888. The third-order valence-electron chi connectivity index (χ3n) is 7.93. The van der Waals surface area contributed by atoms with Crippen LogP contribution in [-0.2, 0) is 28.6 Å². The van der Waals surface area contributed by atoms with Gasteiger partial charge in [-0.3, -0.25) is 9.59 Å². The second kappa shape index (κ2) is 32.2. The van der Waals surface area contributed by atoms with Gasteiger partial charge >= 0.3 is 17.9 Å². The fourth-order valence-corrected chi connectivity index (χ4v) is 5.01. The molecule has 0 aromatic carbocycles. The lowest BCUT2D eigenvalue weighted by Gasteiger charge is -2.31. The normalized spacial score (nSPS) is 13.7. The Balaban J connectivity index is 4.52. The maximum absolute atomic E-state index is 12.6. The molecule has 0 saturated carbocycles. The van der Waals surface area contributed by atoms with E-state index in [-0.39, 0.29) is 42.7 Å². The zero-order valence-electron chi connectivity index (χ0n) is 31.6. The summed E-state index contributed by atoms with van der Waals surface area (Å²) in [7, 11) is 5.48. The van der Waals surface area contributed by atoms with Gasteiger partial charge in [0.25, 0.3) is 0 Å². The molecule has 0 heterocycles. The summed E-state index contributed by atoms with van der Waals surface area (Å²) in [5.74, 6) is -1.56. The van der Waals surface area contributed by atoms with Crippen LogP contribution in [0.4, 0.5) is 0 Å². The number of hydrogen-bond donors (Lipinski definition) is 1. The van der Waals surface area contributed by atoms with Crippen molar-refractivity contribution in [1.82, 2.24) is 0 Å². The Morgan fingerprint density at radius 2 is 1.14 bits per heavy atom. The smallest absolute Gasteiger partial charge is 0.362 e. The van der Waals surface area contributed by atoms with Crippen LogP contribution in [-0.4, -0.2) is 80.6 Å². The van der Waals surface area contributed by atoms with Crippen molar-refractivity contribution in [3.8, 4) is 0 Å². The number of carbonyl (C=O) groups is 3. The summed E-state index contributed by atoms with van der Waals surface area (Å²) < 4.78 is 17.1. The van der Waals surface area contributed by atoms with Crippen molar-refractivity contribution in [2.45, 2.75) is 142 Å². The Bertz CT molecular complexity index is 990. The molecule has 8 nitrogen and oxygen atoms in total. The van der Waals surface area contributed by atoms with Crippen molar-refractivity contribution in [1.29, 1.82) is 0 Å². The molecular weight excluding hydrogens is 618 g/mol. The fraction of sp³-hybridized carbons (Fsp3) is 0.683. The fourth-order valence-electron chi connectivity index (χ4n) is 5.01. The highest BCUT2D eigenvalue weighted by Gasteiger charge is 2.31. The van der Waals surface area contributed by atoms with Gasteiger partial charge in [0.05, 0.1) is 34.4 Å². The van der Waals surface area contributed by atoms with E-state index in [1.165, 1.54) is 32.1 Å². The first-order valence-electron chi connectivity index (χ1n) is 18.8. The van der Waals surface area contributed by atoms with E-state index in [9.17, 15) is 19.5 Å². The number of carbonyl (C=O) groups excluding carboxylic acids is 2. The molecule has 0 aliphatic heterocycles. The van der Waals surface area contributed by atoms with E-state index in [4.69, 9.17) is 14.2 Å². The lowest BCUT2D eigenvalue weighted by atomic mass is 10.1. The lowest BCUT2D eigenvalue weighted by Crippen LogP contribution is -2.50. The number of rotatable bonds is 32. The summed E-state index contributed by atoms with van der Waals surface area (Å²) in [6, 6.07) is -0.624. The average Bonchev–Trinajstić information content (AvgIpc) is 3.05. The molecule has 0 spiro atoms. The second-order valence-corrected chi connectivity index (χ2v) is 13.5. The van der Waals surface area contributed by atoms with Gasteiger partial charge in [0, 0.05) is 19.3 Å². The molecule has 2 atom stereocenters. The molecule has 0 aliphatic carbocycles. The third kappa shape index (κ3) is 30.8. The molecule has 0 bridgehead atoms. The standard InChI is InChI=1S/C41H69NO7/c1-6-8-10-12-14-16-17-18-19-20-21-22-23-24-26-28-30-32-40(44)49-37(35-47-34-33-38(41(45)46)42(3,4)5)36-48-39(43)31-29-27-25-15-13-11-9-7-2/h8,10,14,16,18-19,21-22,24,26,37-38H,6-7,9,11-13,15,17,20,23,25,27-36H2,1-5H3/p+1/b10-8-,16-14-,19-18-,22-21-,26-24-. The Morgan fingerprint density at radius 3 is 1.67 bits per heavy atom. The van der Waals surface area contributed by atoms with Gasteiger partial charge in [-0.15, -0.1) is 0 Å². The van der Waals surface area contributed by atoms with E-state index in [0.717, 1.165) is 57.8 Å². The topological polar surface area (TPSA) is 99.1 Å². The largest absolute Gasteiger partial charge is 0.477 e. The Labute approximate surface area is 298 Å². The van der Waals surface area contributed by atoms with Gasteiger partial charge in [-0.05, 0) is 51.4 Å². The van der Waals surface area contributed by atoms with Gasteiger partial charge < -0.3 is 23.8 Å². The highest BCUT2D eigenvalue weighted by molar-refractivity contribution is 5.72. The predicted octanol–water partition coefficient (Wildman–Crippen LogP) is 9.46. The number of quaternary nitrogens is 1. The van der Waals surface area contributed by atoms with Crippen LogP contribution in [0, 0.1) is 0 Å². The maximum Gasteiger partial charge on any atom is 0.362 e. The van der Waals surface area contributed by atoms with E-state index in [1.54, 1.807) is 0 Å². The number of hydrogen-bond acceptors (Lipinski definition) is 6. The van der Waals surface area contributed by atoms with Crippen LogP contribution in [0.2, 0.25) is 0 Å². The number of carboxylic acids is 1. The number of allylic oxidation sites excluding steroid dienone is 10. The van der Waals surface area contributed by atoms with Crippen LogP contribution >= 0.6 is 0 Å². The average molecular weight is 689 g/mol. The van der Waals surface area contributed by atoms with E-state index in [0.29, 0.717) is 19.3 Å². The molecule has 49 heavy (non-hydrogen) atoms. The van der Waals surface area contributed by atoms with Crippen LogP contribution in [0.1, 0.15) is 129 Å². The van der Waals surface area contributed by atoms with Crippen molar-refractivity contribution in [3.63, 3.8) is 0 Å². The van der Waals surface area contributed by atoms with Gasteiger partial charge in [0.2, 0.25) is 0 Å². The Morgan fingerprint density at radius 1 is 0.633 bits per heavy atom. The summed E-state index contributed by atoms with van der Waals surface area (Å²) in [6.07, 6.45) is 37.1. The number of likely N-dealkylation sites (N-methyl/N-ethyl adjacent to an activating group) is 1. The summed E-state index contributed by atoms with van der Waals surface area (Å²) in [4.78, 5) is 36.6. The van der Waals surface area contributed by atoms with Crippen LogP contribution in [0.5, 0.6) is 0 Å². The Kier molecular flexibility index (Phi) is 30.3. The molecule has 0 amide bonds. The van der Waals surface area contributed by atoms with Gasteiger partial charge in [-0.2, -0.15) is 0 Å². The van der Waals surface area contributed by atoms with Gasteiger partial charge in [0.1, 0.15) is 6.61 Å². The van der Waals surface area contributed by atoms with Crippen LogP contribution < -0.4 is 0 Å². The molecule has 0 saturated heterocycles. The van der Waals surface area contributed by atoms with Crippen molar-refractivity contribution >= 4 is 17.9 Å². The number of carboxylic acid groups (broad SMARTS) is 1. The quantitative estimate of drug-likeness (QED) is 0.0325. The summed E-state index contributed by atoms with van der Waals surface area (Å²) in [6.45, 7) is 4.50. The molecule has 0 aromatic rings. The van der Waals surface area contributed by atoms with Gasteiger partial charge in [0.15, 0.2) is 12.1 Å². The van der Waals surface area contributed by atoms with Crippen molar-refractivity contribution in [2.75, 3.05) is 41.0 Å². The minimum Gasteiger partial charge on any atom is -0.477 e. The van der Waals surface area contributed by atoms with Crippen molar-refractivity contribution < 1.29 is 38.2 Å². The van der Waals surface area contributed by atoms with E-state index in [2.05, 4.69) is 74.6 Å². The van der Waals surface area contributed by atoms with Crippen LogP contribution in [0.3, 0.4) is 0 Å². The monoisotopic (exact) mass is 689 g/mol. The molecule has 0 fully saturated rings. The van der Waals surface area contributed by atoms with Crippen LogP contribution in [0.15, 0.2) is 60.8 Å². The molecule has 0 radical (unpaired) electrons. The molecule has 0 rings (SSSR count). The highest BCUT2D eigenvalue weighted by atomic mass is 16.6. The summed E-state index contributed by atoms with van der Waals surface area (Å²) in [5, 5.41) is 9.56. The number of esters is 2.